The van der Waals surface area contributed by atoms with Crippen LogP contribution in [0.5, 0.6) is 0 Å². The predicted octanol–water partition coefficient (Wildman–Crippen LogP) is 2.15. The molecule has 0 aliphatic carbocycles. The van der Waals surface area contributed by atoms with Crippen molar-refractivity contribution < 1.29 is 14.3 Å². The zero-order valence-electron chi connectivity index (χ0n) is 11.2. The molecule has 0 aliphatic heterocycles. The summed E-state index contributed by atoms with van der Waals surface area (Å²) in [5.74, 6) is -0.793. The van der Waals surface area contributed by atoms with Crippen LogP contribution >= 0.6 is 0 Å². The lowest BCUT2D eigenvalue weighted by Gasteiger charge is -2.23. The van der Waals surface area contributed by atoms with E-state index in [4.69, 9.17) is 4.74 Å². The second-order valence-corrected chi connectivity index (χ2v) is 5.15. The summed E-state index contributed by atoms with van der Waals surface area (Å²) < 4.78 is 5.09. The summed E-state index contributed by atoms with van der Waals surface area (Å²) in [5.41, 5.74) is 0.0951. The average molecular weight is 249 g/mol. The van der Waals surface area contributed by atoms with Gasteiger partial charge in [-0.25, -0.2) is 4.79 Å². The maximum Gasteiger partial charge on any atom is 0.338 e. The van der Waals surface area contributed by atoms with E-state index in [-0.39, 0.29) is 11.4 Å². The molecule has 0 saturated heterocycles. The first kappa shape index (κ1) is 14.2. The van der Waals surface area contributed by atoms with Crippen LogP contribution in [0.1, 0.15) is 38.1 Å². The maximum absolute atomic E-state index is 11.7. The number of hydrogen-bond donors (Lipinski definition) is 1. The van der Waals surface area contributed by atoms with Crippen LogP contribution in [0.25, 0.3) is 0 Å². The van der Waals surface area contributed by atoms with Crippen molar-refractivity contribution in [2.24, 2.45) is 0 Å². The van der Waals surface area contributed by atoms with E-state index in [0.29, 0.717) is 5.56 Å². The lowest BCUT2D eigenvalue weighted by atomic mass is 10.1. The van der Waals surface area contributed by atoms with Gasteiger partial charge in [0.05, 0.1) is 5.56 Å². The Morgan fingerprint density at radius 2 is 1.72 bits per heavy atom. The topological polar surface area (TPSA) is 55.4 Å². The van der Waals surface area contributed by atoms with E-state index < -0.39 is 12.1 Å². The first-order valence-corrected chi connectivity index (χ1v) is 5.87. The van der Waals surface area contributed by atoms with Gasteiger partial charge in [-0.05, 0) is 39.8 Å². The molecular weight excluding hydrogens is 230 g/mol. The second kappa shape index (κ2) is 5.67. The van der Waals surface area contributed by atoms with E-state index in [9.17, 15) is 9.59 Å². The highest BCUT2D eigenvalue weighted by Crippen LogP contribution is 2.06. The van der Waals surface area contributed by atoms with Crippen molar-refractivity contribution in [3.05, 3.63) is 35.9 Å². The van der Waals surface area contributed by atoms with Gasteiger partial charge in [0.1, 0.15) is 0 Å². The second-order valence-electron chi connectivity index (χ2n) is 5.15. The molecule has 18 heavy (non-hydrogen) atoms. The summed E-state index contributed by atoms with van der Waals surface area (Å²) in [6.45, 7) is 7.17. The van der Waals surface area contributed by atoms with Crippen molar-refractivity contribution >= 4 is 11.9 Å². The Kier molecular flexibility index (Phi) is 4.48. The lowest BCUT2D eigenvalue weighted by molar-refractivity contribution is -0.130. The number of ether oxygens (including phenoxy) is 1. The van der Waals surface area contributed by atoms with Crippen LogP contribution < -0.4 is 5.32 Å². The highest BCUT2D eigenvalue weighted by atomic mass is 16.5. The summed E-state index contributed by atoms with van der Waals surface area (Å²) in [7, 11) is 0. The highest BCUT2D eigenvalue weighted by molar-refractivity contribution is 5.92. The van der Waals surface area contributed by atoms with Crippen molar-refractivity contribution in [2.75, 3.05) is 0 Å². The van der Waals surface area contributed by atoms with Crippen LogP contribution in [0.2, 0.25) is 0 Å². The first-order chi connectivity index (χ1) is 8.29. The van der Waals surface area contributed by atoms with Gasteiger partial charge < -0.3 is 10.1 Å². The molecule has 1 N–H and O–H groups in total. The third-order valence-corrected chi connectivity index (χ3v) is 2.16. The van der Waals surface area contributed by atoms with Crippen LogP contribution in [0.15, 0.2) is 30.3 Å². The van der Waals surface area contributed by atoms with Gasteiger partial charge in [-0.1, -0.05) is 18.2 Å². The molecule has 1 amide bonds. The van der Waals surface area contributed by atoms with Gasteiger partial charge in [0.25, 0.3) is 5.91 Å². The lowest BCUT2D eigenvalue weighted by Crippen LogP contribution is -2.46. The molecule has 0 aromatic heterocycles. The normalized spacial score (nSPS) is 12.7. The van der Waals surface area contributed by atoms with Gasteiger partial charge >= 0.3 is 5.97 Å². The molecule has 0 fully saturated rings. The van der Waals surface area contributed by atoms with E-state index >= 15 is 0 Å². The molecule has 1 unspecified atom stereocenters. The molecular formula is C14H19NO3. The van der Waals surface area contributed by atoms with Gasteiger partial charge in [0.15, 0.2) is 6.10 Å². The first-order valence-electron chi connectivity index (χ1n) is 5.87. The van der Waals surface area contributed by atoms with Crippen molar-refractivity contribution in [2.45, 2.75) is 39.3 Å². The number of benzene rings is 1. The van der Waals surface area contributed by atoms with E-state index in [1.165, 1.54) is 0 Å². The third kappa shape index (κ3) is 4.57. The predicted molar refractivity (Wildman–Crippen MR) is 69.2 cm³/mol. The minimum Gasteiger partial charge on any atom is -0.449 e. The summed E-state index contributed by atoms with van der Waals surface area (Å²) in [4.78, 5) is 23.5. The molecule has 1 atom stereocenters. The Balaban J connectivity index is 2.58. The molecule has 4 nitrogen and oxygen atoms in total. The minimum absolute atomic E-state index is 0.299. The zero-order valence-corrected chi connectivity index (χ0v) is 11.2. The van der Waals surface area contributed by atoms with Crippen molar-refractivity contribution in [3.8, 4) is 0 Å². The Labute approximate surface area is 107 Å². The van der Waals surface area contributed by atoms with Gasteiger partial charge in [-0.2, -0.15) is 0 Å². The molecule has 0 spiro atoms. The van der Waals surface area contributed by atoms with Crippen molar-refractivity contribution in [3.63, 3.8) is 0 Å². The van der Waals surface area contributed by atoms with Gasteiger partial charge in [0, 0.05) is 5.54 Å². The Hall–Kier alpha value is -1.84. The van der Waals surface area contributed by atoms with Crippen LogP contribution in [-0.4, -0.2) is 23.5 Å². The Bertz CT molecular complexity index is 420. The molecule has 1 rings (SSSR count). The molecule has 1 aromatic carbocycles. The summed E-state index contributed by atoms with van der Waals surface area (Å²) in [6.07, 6.45) is -0.808. The summed E-state index contributed by atoms with van der Waals surface area (Å²) >= 11 is 0. The molecule has 0 saturated carbocycles. The summed E-state index contributed by atoms with van der Waals surface area (Å²) in [5, 5.41) is 2.76. The van der Waals surface area contributed by atoms with Gasteiger partial charge in [-0.3, -0.25) is 4.79 Å². The SMILES string of the molecule is CC(OC(=O)c1ccccc1)C(=O)NC(C)(C)C. The van der Waals surface area contributed by atoms with Crippen LogP contribution in [0, 0.1) is 0 Å². The monoisotopic (exact) mass is 249 g/mol. The van der Waals surface area contributed by atoms with E-state index in [0.717, 1.165) is 0 Å². The number of hydrogen-bond acceptors (Lipinski definition) is 3. The number of esters is 1. The van der Waals surface area contributed by atoms with Crippen LogP contribution in [-0.2, 0) is 9.53 Å². The van der Waals surface area contributed by atoms with Crippen LogP contribution in [0.4, 0.5) is 0 Å². The Morgan fingerprint density at radius 1 is 1.17 bits per heavy atom. The fourth-order valence-corrected chi connectivity index (χ4v) is 1.33. The molecule has 98 valence electrons. The number of amides is 1. The van der Waals surface area contributed by atoms with E-state index in [1.807, 2.05) is 26.8 Å². The Morgan fingerprint density at radius 3 is 2.22 bits per heavy atom. The molecule has 0 heterocycles. The highest BCUT2D eigenvalue weighted by Gasteiger charge is 2.22. The number of rotatable bonds is 3. The van der Waals surface area contributed by atoms with Crippen molar-refractivity contribution in [1.29, 1.82) is 0 Å². The fourth-order valence-electron chi connectivity index (χ4n) is 1.33. The quantitative estimate of drug-likeness (QED) is 0.835. The third-order valence-electron chi connectivity index (χ3n) is 2.16. The molecule has 0 aliphatic rings. The number of carbonyl (C=O) groups is 2. The van der Waals surface area contributed by atoms with Crippen molar-refractivity contribution in [1.82, 2.24) is 5.32 Å². The smallest absolute Gasteiger partial charge is 0.338 e. The minimum atomic E-state index is -0.808. The largest absolute Gasteiger partial charge is 0.449 e. The number of nitrogens with one attached hydrogen (secondary N) is 1. The molecule has 0 bridgehead atoms. The molecule has 1 aromatic rings. The van der Waals surface area contributed by atoms with Crippen LogP contribution in [0.3, 0.4) is 0 Å². The average Bonchev–Trinajstić information content (AvgIpc) is 2.27. The maximum atomic E-state index is 11.7. The van der Waals surface area contributed by atoms with Gasteiger partial charge in [-0.15, -0.1) is 0 Å². The van der Waals surface area contributed by atoms with Gasteiger partial charge in [0.2, 0.25) is 0 Å². The van der Waals surface area contributed by atoms with E-state index in [2.05, 4.69) is 5.32 Å². The number of carbonyl (C=O) groups excluding carboxylic acids is 2. The molecule has 0 radical (unpaired) electrons. The summed E-state index contributed by atoms with van der Waals surface area (Å²) in [6, 6.07) is 8.60. The standard InChI is InChI=1S/C14H19NO3/c1-10(12(16)15-14(2,3)4)18-13(17)11-8-6-5-7-9-11/h5-10H,1-4H3,(H,15,16). The zero-order chi connectivity index (χ0) is 13.8. The molecule has 4 heteroatoms. The van der Waals surface area contributed by atoms with E-state index in [1.54, 1.807) is 31.2 Å². The fraction of sp³-hybridized carbons (Fsp3) is 0.429.